The maximum atomic E-state index is 10.5. The van der Waals surface area contributed by atoms with Crippen molar-refractivity contribution in [2.75, 3.05) is 0 Å². The van der Waals surface area contributed by atoms with Gasteiger partial charge in [0.2, 0.25) is 0 Å². The Morgan fingerprint density at radius 2 is 2.18 bits per heavy atom. The number of carbonyl (C=O) groups excluding carboxylic acids is 1. The van der Waals surface area contributed by atoms with Gasteiger partial charge in [0.05, 0.1) is 1.37 Å². The van der Waals surface area contributed by atoms with Crippen molar-refractivity contribution in [1.82, 2.24) is 0 Å². The predicted octanol–water partition coefficient (Wildman–Crippen LogP) is 1.75. The Labute approximate surface area is 67.2 Å². The molecule has 0 aliphatic heterocycles. The second-order valence-electron chi connectivity index (χ2n) is 2.14. The van der Waals surface area contributed by atoms with Gasteiger partial charge in [-0.05, 0) is 5.56 Å². The molecule has 0 radical (unpaired) electrons. The summed E-state index contributed by atoms with van der Waals surface area (Å²) in [6, 6.07) is 8.96. The summed E-state index contributed by atoms with van der Waals surface area (Å²) in [4.78, 5) is 10.5. The van der Waals surface area contributed by atoms with E-state index in [0.29, 0.717) is 5.56 Å². The molecule has 11 heavy (non-hydrogen) atoms. The van der Waals surface area contributed by atoms with Crippen molar-refractivity contribution in [2.45, 2.75) is 13.5 Å². The minimum atomic E-state index is -0.899. The lowest BCUT2D eigenvalue weighted by Crippen LogP contribution is -1.97. The molecule has 0 N–H and O–H groups in total. The van der Waals surface area contributed by atoms with Crippen molar-refractivity contribution in [1.29, 1.82) is 0 Å². The van der Waals surface area contributed by atoms with E-state index in [2.05, 4.69) is 4.74 Å². The highest BCUT2D eigenvalue weighted by molar-refractivity contribution is 5.65. The Hall–Kier alpha value is -1.31. The molecule has 2 heteroatoms. The number of hydrogen-bond donors (Lipinski definition) is 0. The van der Waals surface area contributed by atoms with Crippen LogP contribution < -0.4 is 0 Å². The van der Waals surface area contributed by atoms with Crippen LogP contribution in [0.3, 0.4) is 0 Å². The van der Waals surface area contributed by atoms with E-state index in [0.717, 1.165) is 0 Å². The summed E-state index contributed by atoms with van der Waals surface area (Å²) >= 11 is 0. The molecule has 0 heterocycles. The molecule has 58 valence electrons. The molecule has 0 aliphatic carbocycles. The summed E-state index contributed by atoms with van der Waals surface area (Å²) in [5, 5.41) is 0. The van der Waals surface area contributed by atoms with Gasteiger partial charge in [-0.1, -0.05) is 30.3 Å². The van der Waals surface area contributed by atoms with Gasteiger partial charge in [0.1, 0.15) is 6.58 Å². The number of rotatable bonds is 2. The SMILES string of the molecule is [2H][C@@H](OC(C)=O)c1ccccc1. The molecule has 1 atom stereocenters. The van der Waals surface area contributed by atoms with Crippen molar-refractivity contribution in [2.24, 2.45) is 0 Å². The van der Waals surface area contributed by atoms with E-state index in [1.54, 1.807) is 24.3 Å². The van der Waals surface area contributed by atoms with Gasteiger partial charge in [-0.2, -0.15) is 0 Å². The maximum Gasteiger partial charge on any atom is 0.302 e. The zero-order valence-electron chi connectivity index (χ0n) is 7.28. The number of hydrogen-bond acceptors (Lipinski definition) is 2. The Balaban J connectivity index is 2.65. The molecule has 0 aliphatic rings. The van der Waals surface area contributed by atoms with Crippen LogP contribution in [0, 0.1) is 0 Å². The van der Waals surface area contributed by atoms with Crippen LogP contribution in [0.1, 0.15) is 13.9 Å². The summed E-state index contributed by atoms with van der Waals surface area (Å²) in [6.07, 6.45) is 0. The molecule has 1 aromatic rings. The first-order chi connectivity index (χ1) is 5.70. The Kier molecular flexibility index (Phi) is 2.19. The largest absolute Gasteiger partial charge is 0.461 e. The molecule has 0 spiro atoms. The molecule has 0 unspecified atom stereocenters. The number of esters is 1. The van der Waals surface area contributed by atoms with Crippen LogP contribution in [-0.4, -0.2) is 5.97 Å². The van der Waals surface area contributed by atoms with Crippen molar-refractivity contribution in [3.8, 4) is 0 Å². The van der Waals surface area contributed by atoms with Crippen LogP contribution in [-0.2, 0) is 16.1 Å². The van der Waals surface area contributed by atoms with E-state index < -0.39 is 12.6 Å². The van der Waals surface area contributed by atoms with Gasteiger partial charge in [-0.25, -0.2) is 0 Å². The molecule has 0 amide bonds. The van der Waals surface area contributed by atoms with Crippen molar-refractivity contribution >= 4 is 5.97 Å². The maximum absolute atomic E-state index is 10.5. The highest BCUT2D eigenvalue weighted by Crippen LogP contribution is 1.99. The number of carbonyl (C=O) groups is 1. The van der Waals surface area contributed by atoms with E-state index in [4.69, 9.17) is 1.37 Å². The smallest absolute Gasteiger partial charge is 0.302 e. The first kappa shape index (κ1) is 6.40. The van der Waals surface area contributed by atoms with Gasteiger partial charge < -0.3 is 4.74 Å². The van der Waals surface area contributed by atoms with Crippen molar-refractivity contribution < 1.29 is 10.9 Å². The van der Waals surface area contributed by atoms with E-state index >= 15 is 0 Å². The molecular weight excluding hydrogens is 140 g/mol. The van der Waals surface area contributed by atoms with Crippen LogP contribution in [0.4, 0.5) is 0 Å². The molecule has 0 fully saturated rings. The minimum Gasteiger partial charge on any atom is -0.461 e. The monoisotopic (exact) mass is 151 g/mol. The summed E-state index contributed by atoms with van der Waals surface area (Å²) < 4.78 is 12.1. The third-order valence-electron chi connectivity index (χ3n) is 1.16. The van der Waals surface area contributed by atoms with Crippen molar-refractivity contribution in [3.05, 3.63) is 35.9 Å². The van der Waals surface area contributed by atoms with Gasteiger partial charge in [-0.3, -0.25) is 4.79 Å². The van der Waals surface area contributed by atoms with Gasteiger partial charge in [-0.15, -0.1) is 0 Å². The fourth-order valence-corrected chi connectivity index (χ4v) is 0.683. The van der Waals surface area contributed by atoms with Gasteiger partial charge >= 0.3 is 5.97 Å². The summed E-state index contributed by atoms with van der Waals surface area (Å²) in [6.45, 7) is 0.397. The molecule has 1 aromatic carbocycles. The van der Waals surface area contributed by atoms with E-state index in [9.17, 15) is 4.79 Å². The quantitative estimate of drug-likeness (QED) is 0.602. The standard InChI is InChI=1S/C9H10O2/c1-8(10)11-7-9-5-3-2-4-6-9/h2-6H,7H2,1H3/i7D/t7-/m1/s1. The average Bonchev–Trinajstić information content (AvgIpc) is 2.05. The molecule has 2 nitrogen and oxygen atoms in total. The second kappa shape index (κ2) is 3.76. The normalized spacial score (nSPS) is 13.4. The third-order valence-corrected chi connectivity index (χ3v) is 1.16. The van der Waals surface area contributed by atoms with E-state index in [1.165, 1.54) is 6.92 Å². The summed E-state index contributed by atoms with van der Waals surface area (Å²) in [7, 11) is 0. The Morgan fingerprint density at radius 3 is 2.73 bits per heavy atom. The zero-order chi connectivity index (χ0) is 8.97. The fraction of sp³-hybridized carbons (Fsp3) is 0.222. The molecule has 0 saturated heterocycles. The van der Waals surface area contributed by atoms with Crippen LogP contribution >= 0.6 is 0 Å². The number of benzene rings is 1. The van der Waals surface area contributed by atoms with Gasteiger partial charge in [0.15, 0.2) is 0 Å². The summed E-state index contributed by atoms with van der Waals surface area (Å²) in [5.41, 5.74) is 0.688. The topological polar surface area (TPSA) is 26.3 Å². The molecule has 0 saturated carbocycles. The molecular formula is C9H10O2. The van der Waals surface area contributed by atoms with E-state index in [1.807, 2.05) is 6.07 Å². The van der Waals surface area contributed by atoms with E-state index in [-0.39, 0.29) is 0 Å². The van der Waals surface area contributed by atoms with Gasteiger partial charge in [0, 0.05) is 6.92 Å². The highest BCUT2D eigenvalue weighted by Gasteiger charge is 1.93. The molecule has 1 rings (SSSR count). The Bertz CT molecular complexity index is 258. The minimum absolute atomic E-state index is 0.432. The van der Waals surface area contributed by atoms with Crippen LogP contribution in [0.25, 0.3) is 0 Å². The predicted molar refractivity (Wildman–Crippen MR) is 41.9 cm³/mol. The first-order valence-electron chi connectivity index (χ1n) is 3.92. The van der Waals surface area contributed by atoms with Crippen LogP contribution in [0.2, 0.25) is 0 Å². The highest BCUT2D eigenvalue weighted by atomic mass is 16.5. The summed E-state index contributed by atoms with van der Waals surface area (Å²) in [5.74, 6) is -0.432. The average molecular weight is 151 g/mol. The fourth-order valence-electron chi connectivity index (χ4n) is 0.683. The number of ether oxygens (including phenoxy) is 1. The van der Waals surface area contributed by atoms with Crippen LogP contribution in [0.5, 0.6) is 0 Å². The second-order valence-corrected chi connectivity index (χ2v) is 2.14. The van der Waals surface area contributed by atoms with Crippen molar-refractivity contribution in [3.63, 3.8) is 0 Å². The molecule has 0 bridgehead atoms. The zero-order valence-corrected chi connectivity index (χ0v) is 6.28. The lowest BCUT2D eigenvalue weighted by atomic mass is 10.2. The first-order valence-corrected chi connectivity index (χ1v) is 3.34. The third kappa shape index (κ3) is 2.85. The lowest BCUT2D eigenvalue weighted by Gasteiger charge is -1.99. The lowest BCUT2D eigenvalue weighted by molar-refractivity contribution is -0.142. The Morgan fingerprint density at radius 1 is 1.55 bits per heavy atom. The van der Waals surface area contributed by atoms with Crippen LogP contribution in [0.15, 0.2) is 30.3 Å². The van der Waals surface area contributed by atoms with Gasteiger partial charge in [0.25, 0.3) is 0 Å². The molecule has 0 aromatic heterocycles.